The predicted molar refractivity (Wildman–Crippen MR) is 61.4 cm³/mol. The van der Waals surface area contributed by atoms with E-state index in [1.165, 1.54) is 0 Å². The van der Waals surface area contributed by atoms with Crippen LogP contribution in [-0.2, 0) is 4.74 Å². The van der Waals surface area contributed by atoms with E-state index in [1.54, 1.807) is 37.3 Å². The van der Waals surface area contributed by atoms with E-state index in [9.17, 15) is 4.79 Å². The summed E-state index contributed by atoms with van der Waals surface area (Å²) in [6.45, 7) is 1.58. The number of rotatable bonds is 3. The van der Waals surface area contributed by atoms with Gasteiger partial charge in [-0.15, -0.1) is 0 Å². The van der Waals surface area contributed by atoms with Crippen LogP contribution < -0.4 is 9.47 Å². The highest BCUT2D eigenvalue weighted by molar-refractivity contribution is 5.95. The number of hydrogen-bond acceptors (Lipinski definition) is 4. The van der Waals surface area contributed by atoms with Gasteiger partial charge < -0.3 is 19.1 Å². The molecule has 0 saturated carbocycles. The molecule has 5 nitrogen and oxygen atoms in total. The summed E-state index contributed by atoms with van der Waals surface area (Å²) in [6, 6.07) is 5.13. The summed E-state index contributed by atoms with van der Waals surface area (Å²) in [6.07, 6.45) is 0. The first-order chi connectivity index (χ1) is 8.26. The van der Waals surface area contributed by atoms with Gasteiger partial charge >= 0.3 is 0 Å². The van der Waals surface area contributed by atoms with E-state index in [4.69, 9.17) is 14.2 Å². The average molecular weight is 237 g/mol. The third kappa shape index (κ3) is 2.34. The number of benzene rings is 1. The number of amides is 1. The number of carbonyl (C=O) groups is 1. The van der Waals surface area contributed by atoms with E-state index >= 15 is 0 Å². The molecule has 0 bridgehead atoms. The maximum absolute atomic E-state index is 12.1. The monoisotopic (exact) mass is 237 g/mol. The highest BCUT2D eigenvalue weighted by Crippen LogP contribution is 2.28. The Hall–Kier alpha value is -1.75. The van der Waals surface area contributed by atoms with E-state index in [0.29, 0.717) is 36.9 Å². The summed E-state index contributed by atoms with van der Waals surface area (Å²) in [4.78, 5) is 13.7. The minimum absolute atomic E-state index is 0.0524. The molecule has 1 aromatic rings. The van der Waals surface area contributed by atoms with Crippen LogP contribution in [0.15, 0.2) is 18.2 Å². The standard InChI is InChI=1S/C12H15NO4/c1-15-10-4-3-9(7-11(10)16-2)12(14)13-5-6-17-8-13/h3-4,7H,5-6,8H2,1-2H3. The number of nitrogens with zero attached hydrogens (tertiary/aromatic N) is 1. The summed E-state index contributed by atoms with van der Waals surface area (Å²) < 4.78 is 15.4. The van der Waals surface area contributed by atoms with Crippen molar-refractivity contribution in [1.29, 1.82) is 0 Å². The van der Waals surface area contributed by atoms with E-state index in [-0.39, 0.29) is 5.91 Å². The highest BCUT2D eigenvalue weighted by Gasteiger charge is 2.21. The van der Waals surface area contributed by atoms with Gasteiger partial charge in [-0.1, -0.05) is 0 Å². The van der Waals surface area contributed by atoms with E-state index < -0.39 is 0 Å². The molecule has 2 rings (SSSR count). The Morgan fingerprint density at radius 2 is 2.06 bits per heavy atom. The quantitative estimate of drug-likeness (QED) is 0.790. The van der Waals surface area contributed by atoms with Crippen LogP contribution in [-0.4, -0.2) is 44.9 Å². The topological polar surface area (TPSA) is 48.0 Å². The van der Waals surface area contributed by atoms with Crippen molar-refractivity contribution in [3.63, 3.8) is 0 Å². The Morgan fingerprint density at radius 1 is 1.29 bits per heavy atom. The SMILES string of the molecule is COc1ccc(C(=O)N2CCOC2)cc1OC. The van der Waals surface area contributed by atoms with Gasteiger partial charge in [-0.3, -0.25) is 4.79 Å². The second-order valence-corrected chi connectivity index (χ2v) is 3.68. The smallest absolute Gasteiger partial charge is 0.255 e. The second kappa shape index (κ2) is 5.05. The van der Waals surface area contributed by atoms with Crippen molar-refractivity contribution in [2.45, 2.75) is 0 Å². The van der Waals surface area contributed by atoms with Crippen molar-refractivity contribution in [3.05, 3.63) is 23.8 Å². The number of hydrogen-bond donors (Lipinski definition) is 0. The van der Waals surface area contributed by atoms with Gasteiger partial charge in [0.25, 0.3) is 5.91 Å². The molecule has 1 amide bonds. The molecule has 1 fully saturated rings. The van der Waals surface area contributed by atoms with Gasteiger partial charge in [-0.05, 0) is 18.2 Å². The Morgan fingerprint density at radius 3 is 2.65 bits per heavy atom. The fraction of sp³-hybridized carbons (Fsp3) is 0.417. The summed E-state index contributed by atoms with van der Waals surface area (Å²) in [5, 5.41) is 0. The lowest BCUT2D eigenvalue weighted by atomic mass is 10.2. The van der Waals surface area contributed by atoms with Crippen molar-refractivity contribution in [2.75, 3.05) is 34.1 Å². The van der Waals surface area contributed by atoms with Gasteiger partial charge in [0, 0.05) is 12.1 Å². The van der Waals surface area contributed by atoms with Gasteiger partial charge in [-0.2, -0.15) is 0 Å². The zero-order valence-electron chi connectivity index (χ0n) is 9.93. The first-order valence-electron chi connectivity index (χ1n) is 5.35. The first-order valence-corrected chi connectivity index (χ1v) is 5.35. The molecular weight excluding hydrogens is 222 g/mol. The van der Waals surface area contributed by atoms with Gasteiger partial charge in [0.2, 0.25) is 0 Å². The van der Waals surface area contributed by atoms with Crippen molar-refractivity contribution in [2.24, 2.45) is 0 Å². The van der Waals surface area contributed by atoms with Gasteiger partial charge in [-0.25, -0.2) is 0 Å². The normalized spacial score (nSPS) is 14.8. The van der Waals surface area contributed by atoms with Crippen LogP contribution in [0.25, 0.3) is 0 Å². The predicted octanol–water partition coefficient (Wildman–Crippen LogP) is 1.13. The van der Waals surface area contributed by atoms with Crippen LogP contribution in [0.2, 0.25) is 0 Å². The molecule has 1 heterocycles. The molecular formula is C12H15NO4. The number of ether oxygens (including phenoxy) is 3. The molecule has 0 unspecified atom stereocenters. The van der Waals surface area contributed by atoms with Crippen LogP contribution >= 0.6 is 0 Å². The summed E-state index contributed by atoms with van der Waals surface area (Å²) in [7, 11) is 3.11. The van der Waals surface area contributed by atoms with Crippen LogP contribution in [0.4, 0.5) is 0 Å². The largest absolute Gasteiger partial charge is 0.493 e. The van der Waals surface area contributed by atoms with Crippen LogP contribution in [0.1, 0.15) is 10.4 Å². The second-order valence-electron chi connectivity index (χ2n) is 3.68. The van der Waals surface area contributed by atoms with Crippen molar-refractivity contribution in [3.8, 4) is 11.5 Å². The number of carbonyl (C=O) groups excluding carboxylic acids is 1. The van der Waals surface area contributed by atoms with Crippen LogP contribution in [0.5, 0.6) is 11.5 Å². The van der Waals surface area contributed by atoms with Crippen molar-refractivity contribution < 1.29 is 19.0 Å². The molecule has 92 valence electrons. The zero-order chi connectivity index (χ0) is 12.3. The molecule has 1 saturated heterocycles. The molecule has 0 radical (unpaired) electrons. The summed E-state index contributed by atoms with van der Waals surface area (Å²) in [5.74, 6) is 1.11. The Labute approximate surface area is 99.9 Å². The first kappa shape index (κ1) is 11.7. The molecule has 5 heteroatoms. The fourth-order valence-corrected chi connectivity index (χ4v) is 1.73. The molecule has 1 aliphatic rings. The van der Waals surface area contributed by atoms with Gasteiger partial charge in [0.15, 0.2) is 11.5 Å². The van der Waals surface area contributed by atoms with Crippen LogP contribution in [0.3, 0.4) is 0 Å². The lowest BCUT2D eigenvalue weighted by Gasteiger charge is -2.15. The maximum atomic E-state index is 12.1. The number of methoxy groups -OCH3 is 2. The third-order valence-corrected chi connectivity index (χ3v) is 2.67. The minimum Gasteiger partial charge on any atom is -0.493 e. The highest BCUT2D eigenvalue weighted by atomic mass is 16.5. The zero-order valence-corrected chi connectivity index (χ0v) is 9.93. The molecule has 0 aromatic heterocycles. The summed E-state index contributed by atoms with van der Waals surface area (Å²) >= 11 is 0. The molecule has 17 heavy (non-hydrogen) atoms. The average Bonchev–Trinajstić information content (AvgIpc) is 2.90. The molecule has 0 spiro atoms. The fourth-order valence-electron chi connectivity index (χ4n) is 1.73. The minimum atomic E-state index is -0.0524. The molecule has 0 aliphatic carbocycles. The third-order valence-electron chi connectivity index (χ3n) is 2.67. The van der Waals surface area contributed by atoms with E-state index in [1.807, 2.05) is 0 Å². The molecule has 1 aliphatic heterocycles. The molecule has 0 N–H and O–H groups in total. The van der Waals surface area contributed by atoms with Gasteiger partial charge in [0.05, 0.1) is 20.8 Å². The Bertz CT molecular complexity index is 413. The van der Waals surface area contributed by atoms with E-state index in [0.717, 1.165) is 0 Å². The maximum Gasteiger partial charge on any atom is 0.255 e. The Kier molecular flexibility index (Phi) is 3.49. The van der Waals surface area contributed by atoms with Crippen molar-refractivity contribution >= 4 is 5.91 Å². The van der Waals surface area contributed by atoms with Gasteiger partial charge in [0.1, 0.15) is 6.73 Å². The lowest BCUT2D eigenvalue weighted by Crippen LogP contribution is -2.28. The lowest BCUT2D eigenvalue weighted by molar-refractivity contribution is 0.0694. The van der Waals surface area contributed by atoms with Crippen LogP contribution in [0, 0.1) is 0 Å². The van der Waals surface area contributed by atoms with Crippen molar-refractivity contribution in [1.82, 2.24) is 4.90 Å². The van der Waals surface area contributed by atoms with E-state index in [2.05, 4.69) is 0 Å². The Balaban J connectivity index is 2.23. The molecule has 0 atom stereocenters. The summed E-state index contributed by atoms with van der Waals surface area (Å²) in [5.41, 5.74) is 0.577. The molecule has 1 aromatic carbocycles.